The van der Waals surface area contributed by atoms with Gasteiger partial charge in [0, 0.05) is 25.2 Å². The van der Waals surface area contributed by atoms with E-state index in [4.69, 9.17) is 17.3 Å². The third-order valence-electron chi connectivity index (χ3n) is 2.39. The number of carbonyl (C=O) groups is 1. The van der Waals surface area contributed by atoms with E-state index < -0.39 is 0 Å². The maximum atomic E-state index is 11.2. The maximum absolute atomic E-state index is 11.2. The molecule has 0 aliphatic heterocycles. The molecule has 5 heteroatoms. The first kappa shape index (κ1) is 13.6. The van der Waals surface area contributed by atoms with Crippen molar-refractivity contribution in [2.75, 3.05) is 24.1 Å². The predicted molar refractivity (Wildman–Crippen MR) is 72.4 cm³/mol. The predicted octanol–water partition coefficient (Wildman–Crippen LogP) is 2.17. The standard InChI is InChI=1S/C12H18ClN3O/c1-3-15-12(17)4-5-16-11-7-9(13)10(14)6-8(11)2/h6-7,16H,3-5,14H2,1-2H3,(H,15,17). The Labute approximate surface area is 107 Å². The fourth-order valence-electron chi connectivity index (χ4n) is 1.49. The first-order valence-corrected chi connectivity index (χ1v) is 5.98. The van der Waals surface area contributed by atoms with Crippen molar-refractivity contribution in [3.8, 4) is 0 Å². The summed E-state index contributed by atoms with van der Waals surface area (Å²) >= 11 is 5.93. The molecule has 0 radical (unpaired) electrons. The van der Waals surface area contributed by atoms with E-state index in [2.05, 4.69) is 10.6 Å². The lowest BCUT2D eigenvalue weighted by atomic mass is 10.1. The summed E-state index contributed by atoms with van der Waals surface area (Å²) in [4.78, 5) is 11.2. The third kappa shape index (κ3) is 4.15. The van der Waals surface area contributed by atoms with Gasteiger partial charge in [0.15, 0.2) is 0 Å². The molecule has 4 nitrogen and oxygen atoms in total. The molecule has 1 rings (SSSR count). The van der Waals surface area contributed by atoms with Crippen molar-refractivity contribution in [2.24, 2.45) is 0 Å². The maximum Gasteiger partial charge on any atom is 0.221 e. The van der Waals surface area contributed by atoms with Gasteiger partial charge < -0.3 is 16.4 Å². The van der Waals surface area contributed by atoms with Gasteiger partial charge in [0.1, 0.15) is 0 Å². The van der Waals surface area contributed by atoms with Crippen molar-refractivity contribution in [1.29, 1.82) is 0 Å². The Morgan fingerprint density at radius 3 is 2.82 bits per heavy atom. The molecule has 4 N–H and O–H groups in total. The molecule has 0 unspecified atom stereocenters. The summed E-state index contributed by atoms with van der Waals surface area (Å²) in [6.07, 6.45) is 0.440. The molecule has 0 heterocycles. The van der Waals surface area contributed by atoms with E-state index in [1.807, 2.05) is 19.9 Å². The van der Waals surface area contributed by atoms with E-state index in [-0.39, 0.29) is 5.91 Å². The second-order valence-electron chi connectivity index (χ2n) is 3.82. The van der Waals surface area contributed by atoms with Crippen molar-refractivity contribution in [2.45, 2.75) is 20.3 Å². The number of benzene rings is 1. The quantitative estimate of drug-likeness (QED) is 0.707. The first-order valence-electron chi connectivity index (χ1n) is 5.60. The Kier molecular flexibility index (Phi) is 5.10. The van der Waals surface area contributed by atoms with Crippen LogP contribution in [0.15, 0.2) is 12.1 Å². The Morgan fingerprint density at radius 1 is 1.47 bits per heavy atom. The van der Waals surface area contributed by atoms with Gasteiger partial charge >= 0.3 is 0 Å². The topological polar surface area (TPSA) is 67.2 Å². The number of rotatable bonds is 5. The van der Waals surface area contributed by atoms with Crippen molar-refractivity contribution in [3.05, 3.63) is 22.7 Å². The lowest BCUT2D eigenvalue weighted by molar-refractivity contribution is -0.120. The minimum atomic E-state index is 0.0409. The Bertz CT molecular complexity index is 407. The number of anilines is 2. The van der Waals surface area contributed by atoms with Crippen LogP contribution in [0.5, 0.6) is 0 Å². The zero-order valence-corrected chi connectivity index (χ0v) is 10.9. The fraction of sp³-hybridized carbons (Fsp3) is 0.417. The van der Waals surface area contributed by atoms with Gasteiger partial charge in [-0.2, -0.15) is 0 Å². The van der Waals surface area contributed by atoms with Gasteiger partial charge in [-0.05, 0) is 31.5 Å². The minimum Gasteiger partial charge on any atom is -0.398 e. The van der Waals surface area contributed by atoms with Gasteiger partial charge in [0.2, 0.25) is 5.91 Å². The van der Waals surface area contributed by atoms with Crippen molar-refractivity contribution >= 4 is 28.9 Å². The fourth-order valence-corrected chi connectivity index (χ4v) is 1.65. The molecule has 0 bridgehead atoms. The van der Waals surface area contributed by atoms with Gasteiger partial charge in [-0.25, -0.2) is 0 Å². The third-order valence-corrected chi connectivity index (χ3v) is 2.71. The minimum absolute atomic E-state index is 0.0409. The first-order chi connectivity index (χ1) is 8.04. The lowest BCUT2D eigenvalue weighted by Gasteiger charge is -2.11. The smallest absolute Gasteiger partial charge is 0.221 e. The van der Waals surface area contributed by atoms with Crippen LogP contribution in [-0.2, 0) is 4.79 Å². The van der Waals surface area contributed by atoms with Gasteiger partial charge in [0.25, 0.3) is 0 Å². The molecule has 17 heavy (non-hydrogen) atoms. The Hall–Kier alpha value is -1.42. The van der Waals surface area contributed by atoms with E-state index in [9.17, 15) is 4.79 Å². The largest absolute Gasteiger partial charge is 0.398 e. The van der Waals surface area contributed by atoms with Crippen LogP contribution in [0.3, 0.4) is 0 Å². The molecule has 1 aromatic rings. The molecule has 0 saturated carbocycles. The van der Waals surface area contributed by atoms with Crippen LogP contribution in [0.25, 0.3) is 0 Å². The molecule has 0 fully saturated rings. The van der Waals surface area contributed by atoms with Gasteiger partial charge in [-0.15, -0.1) is 0 Å². The summed E-state index contributed by atoms with van der Waals surface area (Å²) in [7, 11) is 0. The molecular weight excluding hydrogens is 238 g/mol. The highest BCUT2D eigenvalue weighted by atomic mass is 35.5. The zero-order valence-electron chi connectivity index (χ0n) is 10.1. The van der Waals surface area contributed by atoms with Crippen LogP contribution in [0.4, 0.5) is 11.4 Å². The van der Waals surface area contributed by atoms with E-state index in [0.29, 0.717) is 30.2 Å². The number of nitrogens with one attached hydrogen (secondary N) is 2. The highest BCUT2D eigenvalue weighted by Gasteiger charge is 2.04. The second kappa shape index (κ2) is 6.35. The van der Waals surface area contributed by atoms with E-state index >= 15 is 0 Å². The summed E-state index contributed by atoms with van der Waals surface area (Å²) in [6.45, 7) is 5.08. The number of carbonyl (C=O) groups excluding carboxylic acids is 1. The van der Waals surface area contributed by atoms with Crippen LogP contribution >= 0.6 is 11.6 Å². The molecule has 94 valence electrons. The van der Waals surface area contributed by atoms with Gasteiger partial charge in [-0.3, -0.25) is 4.79 Å². The summed E-state index contributed by atoms with van der Waals surface area (Å²) < 4.78 is 0. The second-order valence-corrected chi connectivity index (χ2v) is 4.23. The highest BCUT2D eigenvalue weighted by molar-refractivity contribution is 6.33. The zero-order chi connectivity index (χ0) is 12.8. The average molecular weight is 256 g/mol. The lowest BCUT2D eigenvalue weighted by Crippen LogP contribution is -2.24. The Balaban J connectivity index is 2.52. The molecule has 1 aromatic carbocycles. The monoisotopic (exact) mass is 255 g/mol. The molecule has 0 aliphatic carbocycles. The van der Waals surface area contributed by atoms with Crippen LogP contribution in [0.1, 0.15) is 18.9 Å². The summed E-state index contributed by atoms with van der Waals surface area (Å²) in [5.74, 6) is 0.0409. The van der Waals surface area contributed by atoms with E-state index in [1.165, 1.54) is 0 Å². The summed E-state index contributed by atoms with van der Waals surface area (Å²) in [6, 6.07) is 3.60. The number of amides is 1. The number of nitrogens with two attached hydrogens (primary N) is 1. The average Bonchev–Trinajstić information content (AvgIpc) is 2.26. The number of halogens is 1. The molecule has 0 aromatic heterocycles. The summed E-state index contributed by atoms with van der Waals surface area (Å²) in [5.41, 5.74) is 8.18. The van der Waals surface area contributed by atoms with Crippen LogP contribution in [0, 0.1) is 6.92 Å². The Morgan fingerprint density at radius 2 is 2.18 bits per heavy atom. The van der Waals surface area contributed by atoms with Crippen LogP contribution < -0.4 is 16.4 Å². The van der Waals surface area contributed by atoms with Crippen molar-refractivity contribution in [3.63, 3.8) is 0 Å². The van der Waals surface area contributed by atoms with Crippen LogP contribution in [0.2, 0.25) is 5.02 Å². The molecular formula is C12H18ClN3O. The number of aryl methyl sites for hydroxylation is 1. The number of nitrogen functional groups attached to an aromatic ring is 1. The number of hydrogen-bond acceptors (Lipinski definition) is 3. The molecule has 0 atom stereocenters. The highest BCUT2D eigenvalue weighted by Crippen LogP contribution is 2.26. The molecule has 1 amide bonds. The van der Waals surface area contributed by atoms with Crippen molar-refractivity contribution in [1.82, 2.24) is 5.32 Å². The van der Waals surface area contributed by atoms with Gasteiger partial charge in [0.05, 0.1) is 10.7 Å². The molecule has 0 aliphatic rings. The van der Waals surface area contributed by atoms with E-state index in [1.54, 1.807) is 6.07 Å². The van der Waals surface area contributed by atoms with E-state index in [0.717, 1.165) is 11.3 Å². The molecule has 0 spiro atoms. The van der Waals surface area contributed by atoms with Crippen LogP contribution in [-0.4, -0.2) is 19.0 Å². The normalized spacial score (nSPS) is 10.1. The number of hydrogen-bond donors (Lipinski definition) is 3. The SMILES string of the molecule is CCNC(=O)CCNc1cc(Cl)c(N)cc1C. The summed E-state index contributed by atoms with van der Waals surface area (Å²) in [5, 5.41) is 6.44. The van der Waals surface area contributed by atoms with Crippen molar-refractivity contribution < 1.29 is 4.79 Å². The molecule has 0 saturated heterocycles. The van der Waals surface area contributed by atoms with Gasteiger partial charge in [-0.1, -0.05) is 11.6 Å².